The first kappa shape index (κ1) is 20.0. The van der Waals surface area contributed by atoms with Gasteiger partial charge in [-0.05, 0) is 55.5 Å². The minimum atomic E-state index is -0.414. The van der Waals surface area contributed by atoms with Gasteiger partial charge in [-0.1, -0.05) is 13.0 Å². The number of fused-ring (bicyclic) bond motifs is 2. The van der Waals surface area contributed by atoms with Crippen LogP contribution in [0.1, 0.15) is 38.0 Å². The van der Waals surface area contributed by atoms with E-state index in [0.717, 1.165) is 18.4 Å². The molecule has 0 spiro atoms. The third-order valence-electron chi connectivity index (χ3n) is 5.17. The van der Waals surface area contributed by atoms with Gasteiger partial charge in [-0.25, -0.2) is 0 Å². The molecular formula is C24H24O6. The summed E-state index contributed by atoms with van der Waals surface area (Å²) in [7, 11) is 0. The van der Waals surface area contributed by atoms with Gasteiger partial charge in [0.05, 0.1) is 24.2 Å². The highest BCUT2D eigenvalue weighted by atomic mass is 16.5. The summed E-state index contributed by atoms with van der Waals surface area (Å²) in [4.78, 5) is 24.8. The molecule has 1 aliphatic heterocycles. The minimum Gasteiger partial charge on any atom is -0.490 e. The third kappa shape index (κ3) is 3.77. The van der Waals surface area contributed by atoms with Crippen LogP contribution in [0.3, 0.4) is 0 Å². The first-order chi connectivity index (χ1) is 14.5. The number of carbonyl (C=O) groups excluding carboxylic acids is 1. The van der Waals surface area contributed by atoms with E-state index in [1.54, 1.807) is 19.1 Å². The third-order valence-corrected chi connectivity index (χ3v) is 5.17. The molecule has 0 saturated carbocycles. The molecule has 0 bridgehead atoms. The van der Waals surface area contributed by atoms with Crippen molar-refractivity contribution >= 4 is 16.9 Å². The Morgan fingerprint density at radius 2 is 1.80 bits per heavy atom. The molecule has 0 unspecified atom stereocenters. The fourth-order valence-electron chi connectivity index (χ4n) is 3.70. The zero-order valence-electron chi connectivity index (χ0n) is 17.4. The van der Waals surface area contributed by atoms with Gasteiger partial charge in [-0.2, -0.15) is 0 Å². The number of rotatable bonds is 3. The molecule has 2 aromatic carbocycles. The van der Waals surface area contributed by atoms with E-state index >= 15 is 0 Å². The molecule has 0 saturated heterocycles. The molecule has 156 valence electrons. The molecule has 0 radical (unpaired) electrons. The molecule has 0 N–H and O–H groups in total. The molecule has 1 aromatic heterocycles. The number of aryl methyl sites for hydroxylation is 2. The average molecular weight is 408 g/mol. The lowest BCUT2D eigenvalue weighted by atomic mass is 10.00. The van der Waals surface area contributed by atoms with Gasteiger partial charge in [0.15, 0.2) is 11.5 Å². The molecule has 4 rings (SSSR count). The van der Waals surface area contributed by atoms with Gasteiger partial charge < -0.3 is 18.6 Å². The molecule has 3 aromatic rings. The summed E-state index contributed by atoms with van der Waals surface area (Å²) in [6.45, 7) is 6.31. The Morgan fingerprint density at radius 1 is 1.07 bits per heavy atom. The topological polar surface area (TPSA) is 75.0 Å². The van der Waals surface area contributed by atoms with Crippen LogP contribution in [0, 0.1) is 6.92 Å². The van der Waals surface area contributed by atoms with Gasteiger partial charge in [0.25, 0.3) is 0 Å². The molecule has 6 nitrogen and oxygen atoms in total. The lowest BCUT2D eigenvalue weighted by Crippen LogP contribution is -2.11. The average Bonchev–Trinajstić information content (AvgIpc) is 2.68. The predicted octanol–water partition coefficient (Wildman–Crippen LogP) is 4.81. The van der Waals surface area contributed by atoms with Crippen LogP contribution >= 0.6 is 0 Å². The van der Waals surface area contributed by atoms with Gasteiger partial charge in [0, 0.05) is 13.0 Å². The molecule has 0 aliphatic carbocycles. The Hall–Kier alpha value is -3.28. The summed E-state index contributed by atoms with van der Waals surface area (Å²) >= 11 is 0. The largest absolute Gasteiger partial charge is 0.490 e. The smallest absolute Gasteiger partial charge is 0.308 e. The van der Waals surface area contributed by atoms with Crippen molar-refractivity contribution in [2.24, 2.45) is 0 Å². The number of hydrogen-bond acceptors (Lipinski definition) is 6. The maximum atomic E-state index is 13.4. The molecule has 30 heavy (non-hydrogen) atoms. The fraction of sp³-hybridized carbons (Fsp3) is 0.333. The normalized spacial score (nSPS) is 13.6. The van der Waals surface area contributed by atoms with Gasteiger partial charge in [-0.15, -0.1) is 0 Å². The van der Waals surface area contributed by atoms with Crippen molar-refractivity contribution in [3.05, 3.63) is 51.9 Å². The van der Waals surface area contributed by atoms with Crippen molar-refractivity contribution < 1.29 is 23.4 Å². The Bertz CT molecular complexity index is 1170. The quantitative estimate of drug-likeness (QED) is 0.457. The monoisotopic (exact) mass is 408 g/mol. The highest BCUT2D eigenvalue weighted by molar-refractivity contribution is 5.86. The first-order valence-corrected chi connectivity index (χ1v) is 10.2. The van der Waals surface area contributed by atoms with Gasteiger partial charge in [-0.3, -0.25) is 9.59 Å². The highest BCUT2D eigenvalue weighted by Crippen LogP contribution is 2.35. The van der Waals surface area contributed by atoms with Crippen LogP contribution in [0.15, 0.2) is 39.5 Å². The first-order valence-electron chi connectivity index (χ1n) is 10.2. The van der Waals surface area contributed by atoms with E-state index < -0.39 is 5.97 Å². The molecule has 6 heteroatoms. The number of esters is 1. The van der Waals surface area contributed by atoms with Crippen LogP contribution in [-0.4, -0.2) is 19.2 Å². The van der Waals surface area contributed by atoms with Crippen molar-refractivity contribution in [1.29, 1.82) is 0 Å². The molecular weight excluding hydrogens is 384 g/mol. The number of carbonyl (C=O) groups is 1. The zero-order chi connectivity index (χ0) is 21.3. The van der Waals surface area contributed by atoms with Crippen LogP contribution in [0.5, 0.6) is 17.2 Å². The Morgan fingerprint density at radius 3 is 2.50 bits per heavy atom. The lowest BCUT2D eigenvalue weighted by Gasteiger charge is -2.17. The van der Waals surface area contributed by atoms with Crippen LogP contribution in [0.4, 0.5) is 0 Å². The lowest BCUT2D eigenvalue weighted by molar-refractivity contribution is -0.131. The zero-order valence-corrected chi connectivity index (χ0v) is 17.4. The van der Waals surface area contributed by atoms with Crippen LogP contribution in [-0.2, 0) is 11.2 Å². The van der Waals surface area contributed by atoms with Crippen molar-refractivity contribution in [2.75, 3.05) is 13.2 Å². The fourth-order valence-corrected chi connectivity index (χ4v) is 3.70. The summed E-state index contributed by atoms with van der Waals surface area (Å²) in [5, 5.41) is 0.451. The Balaban J connectivity index is 1.86. The van der Waals surface area contributed by atoms with Crippen LogP contribution in [0.25, 0.3) is 22.1 Å². The van der Waals surface area contributed by atoms with E-state index in [-0.39, 0.29) is 5.43 Å². The Labute approximate surface area is 174 Å². The van der Waals surface area contributed by atoms with Gasteiger partial charge in [0.1, 0.15) is 17.1 Å². The van der Waals surface area contributed by atoms with Gasteiger partial charge >= 0.3 is 5.97 Å². The summed E-state index contributed by atoms with van der Waals surface area (Å²) in [5.41, 5.74) is 2.23. The van der Waals surface area contributed by atoms with Gasteiger partial charge in [0.2, 0.25) is 5.43 Å². The van der Waals surface area contributed by atoms with Crippen molar-refractivity contribution in [3.8, 4) is 28.4 Å². The number of hydrogen-bond donors (Lipinski definition) is 0. The van der Waals surface area contributed by atoms with E-state index in [1.165, 1.54) is 6.92 Å². The summed E-state index contributed by atoms with van der Waals surface area (Å²) < 4.78 is 22.9. The maximum absolute atomic E-state index is 13.4. The van der Waals surface area contributed by atoms with E-state index in [2.05, 4.69) is 0 Å². The second-order valence-electron chi connectivity index (χ2n) is 7.33. The molecule has 2 heterocycles. The summed E-state index contributed by atoms with van der Waals surface area (Å²) in [6, 6.07) is 8.88. The van der Waals surface area contributed by atoms with E-state index in [1.807, 2.05) is 25.1 Å². The molecule has 0 atom stereocenters. The van der Waals surface area contributed by atoms with E-state index in [0.29, 0.717) is 64.7 Å². The number of benzene rings is 2. The van der Waals surface area contributed by atoms with E-state index in [9.17, 15) is 9.59 Å². The SMILES string of the molecule is CCc1cc2c(=O)c(-c3ccc4c(c3)OCCCCO4)c(C)oc2cc1OC(C)=O. The van der Waals surface area contributed by atoms with Crippen molar-refractivity contribution in [2.45, 2.75) is 40.0 Å². The van der Waals surface area contributed by atoms with Crippen LogP contribution < -0.4 is 19.6 Å². The minimum absolute atomic E-state index is 0.135. The molecule has 0 fully saturated rings. The highest BCUT2D eigenvalue weighted by Gasteiger charge is 2.19. The molecule has 1 aliphatic rings. The second-order valence-corrected chi connectivity index (χ2v) is 7.33. The Kier molecular flexibility index (Phi) is 5.48. The van der Waals surface area contributed by atoms with Crippen molar-refractivity contribution in [3.63, 3.8) is 0 Å². The molecule has 0 amide bonds. The van der Waals surface area contributed by atoms with E-state index in [4.69, 9.17) is 18.6 Å². The second kappa shape index (κ2) is 8.22. The van der Waals surface area contributed by atoms with Crippen molar-refractivity contribution in [1.82, 2.24) is 0 Å². The summed E-state index contributed by atoms with van der Waals surface area (Å²) in [5.74, 6) is 1.80. The predicted molar refractivity (Wildman–Crippen MR) is 114 cm³/mol. The maximum Gasteiger partial charge on any atom is 0.308 e. The summed E-state index contributed by atoms with van der Waals surface area (Å²) in [6.07, 6.45) is 2.49. The standard InChI is InChI=1S/C24H24O6/c1-4-16-11-18-21(13-20(16)30-15(3)25)29-14(2)23(24(18)26)17-7-8-19-22(12-17)28-10-6-5-9-27-19/h7-8,11-13H,4-6,9-10H2,1-3H3. The van der Waals surface area contributed by atoms with Crippen LogP contribution in [0.2, 0.25) is 0 Å². The number of ether oxygens (including phenoxy) is 3.